The first-order valence-electron chi connectivity index (χ1n) is 8.26. The highest BCUT2D eigenvalue weighted by molar-refractivity contribution is 6.71. The van der Waals surface area contributed by atoms with E-state index in [2.05, 4.69) is 39.0 Å². The van der Waals surface area contributed by atoms with Crippen LogP contribution in [0.1, 0.15) is 58.3 Å². The Balaban J connectivity index is 3.37. The summed E-state index contributed by atoms with van der Waals surface area (Å²) in [6.07, 6.45) is 11.3. The monoisotopic (exact) mass is 287 g/mol. The van der Waals surface area contributed by atoms with E-state index in [9.17, 15) is 0 Å². The second-order valence-electron chi connectivity index (χ2n) is 6.64. The fraction of sp³-hybridized carbons (Fsp3) is 1.00. The minimum Gasteiger partial charge on any atom is -0.416 e. The zero-order valence-corrected chi connectivity index (χ0v) is 15.1. The summed E-state index contributed by atoms with van der Waals surface area (Å²) < 4.78 is 6.10. The van der Waals surface area contributed by atoms with Gasteiger partial charge in [0.05, 0.1) is 0 Å². The van der Waals surface area contributed by atoms with Gasteiger partial charge in [-0.3, -0.25) is 0 Å². The molecule has 0 aromatic rings. The number of likely N-dealkylation sites (N-methyl/N-ethyl adjacent to an activating group) is 1. The average Bonchev–Trinajstić information content (AvgIpc) is 2.31. The van der Waals surface area contributed by atoms with Crippen molar-refractivity contribution < 1.29 is 4.43 Å². The summed E-state index contributed by atoms with van der Waals surface area (Å²) in [7, 11) is 2.84. The Kier molecular flexibility index (Phi) is 12.0. The largest absolute Gasteiger partial charge is 0.416 e. The van der Waals surface area contributed by atoms with Gasteiger partial charge >= 0.3 is 0 Å². The van der Waals surface area contributed by atoms with E-state index in [0.717, 1.165) is 13.2 Å². The Bertz CT molecular complexity index is 195. The number of hydrogen-bond acceptors (Lipinski definition) is 2. The van der Waals surface area contributed by atoms with Crippen LogP contribution in [0.5, 0.6) is 0 Å². The van der Waals surface area contributed by atoms with Crippen molar-refractivity contribution in [2.24, 2.45) is 0 Å². The summed E-state index contributed by atoms with van der Waals surface area (Å²) in [5.74, 6) is 0. The summed E-state index contributed by atoms with van der Waals surface area (Å²) in [6.45, 7) is 8.97. The van der Waals surface area contributed by atoms with Crippen LogP contribution in [0.2, 0.25) is 19.1 Å². The van der Waals surface area contributed by atoms with Crippen LogP contribution in [-0.4, -0.2) is 40.5 Å². The van der Waals surface area contributed by atoms with E-state index < -0.39 is 8.32 Å². The van der Waals surface area contributed by atoms with Crippen LogP contribution in [0.3, 0.4) is 0 Å². The molecule has 0 fully saturated rings. The Morgan fingerprint density at radius 2 is 1.37 bits per heavy atom. The summed E-state index contributed by atoms with van der Waals surface area (Å²) in [4.78, 5) is 2.20. The van der Waals surface area contributed by atoms with Gasteiger partial charge in [0.1, 0.15) is 0 Å². The minimum atomic E-state index is -1.38. The maximum Gasteiger partial charge on any atom is 0.186 e. The molecule has 0 aromatic carbocycles. The molecule has 0 atom stereocenters. The van der Waals surface area contributed by atoms with Gasteiger partial charge in [0.2, 0.25) is 0 Å². The van der Waals surface area contributed by atoms with Crippen LogP contribution >= 0.6 is 0 Å². The lowest BCUT2D eigenvalue weighted by molar-refractivity contribution is 0.253. The number of unbranched alkanes of at least 4 members (excludes halogenated alkanes) is 7. The zero-order chi connectivity index (χ0) is 14.6. The van der Waals surface area contributed by atoms with Crippen LogP contribution in [0.25, 0.3) is 0 Å². The van der Waals surface area contributed by atoms with E-state index in [1.54, 1.807) is 0 Å². The van der Waals surface area contributed by atoms with Gasteiger partial charge in [0, 0.05) is 13.2 Å². The number of hydrogen-bond donors (Lipinski definition) is 0. The minimum absolute atomic E-state index is 0.906. The maximum atomic E-state index is 6.10. The molecule has 2 nitrogen and oxygen atoms in total. The standard InChI is InChI=1S/C16H37NOSi/c1-6-7-8-9-10-11-12-13-16-19(4,5)18-15-14-17(2)3/h6-16H2,1-5H3. The van der Waals surface area contributed by atoms with Crippen molar-refractivity contribution in [3.63, 3.8) is 0 Å². The highest BCUT2D eigenvalue weighted by Gasteiger charge is 2.21. The van der Waals surface area contributed by atoms with Gasteiger partial charge in [-0.2, -0.15) is 0 Å². The molecule has 0 aliphatic rings. The lowest BCUT2D eigenvalue weighted by Gasteiger charge is -2.24. The Labute approximate surface area is 123 Å². The predicted molar refractivity (Wildman–Crippen MR) is 89.4 cm³/mol. The Morgan fingerprint density at radius 3 is 1.89 bits per heavy atom. The summed E-state index contributed by atoms with van der Waals surface area (Å²) in [6, 6.07) is 1.33. The third kappa shape index (κ3) is 14.4. The molecule has 0 heterocycles. The summed E-state index contributed by atoms with van der Waals surface area (Å²) >= 11 is 0. The summed E-state index contributed by atoms with van der Waals surface area (Å²) in [5.41, 5.74) is 0. The van der Waals surface area contributed by atoms with Crippen molar-refractivity contribution >= 4 is 8.32 Å². The molecular weight excluding hydrogens is 250 g/mol. The molecule has 0 N–H and O–H groups in total. The lowest BCUT2D eigenvalue weighted by atomic mass is 10.1. The Morgan fingerprint density at radius 1 is 0.842 bits per heavy atom. The van der Waals surface area contributed by atoms with Crippen molar-refractivity contribution in [3.05, 3.63) is 0 Å². The third-order valence-electron chi connectivity index (χ3n) is 3.66. The van der Waals surface area contributed by atoms with Gasteiger partial charge in [0.25, 0.3) is 0 Å². The molecule has 0 aliphatic carbocycles. The normalized spacial score (nSPS) is 12.3. The maximum absolute atomic E-state index is 6.10. The molecule has 0 aromatic heterocycles. The first-order valence-corrected chi connectivity index (χ1v) is 11.4. The fourth-order valence-electron chi connectivity index (χ4n) is 2.26. The molecule has 0 rings (SSSR count). The van der Waals surface area contributed by atoms with Crippen molar-refractivity contribution in [1.82, 2.24) is 4.90 Å². The van der Waals surface area contributed by atoms with Gasteiger partial charge in [-0.05, 0) is 33.2 Å². The quantitative estimate of drug-likeness (QED) is 0.352. The first-order chi connectivity index (χ1) is 8.98. The van der Waals surface area contributed by atoms with Gasteiger partial charge < -0.3 is 9.33 Å². The second-order valence-corrected chi connectivity index (χ2v) is 10.9. The highest BCUT2D eigenvalue weighted by atomic mass is 28.4. The van der Waals surface area contributed by atoms with Crippen LogP contribution < -0.4 is 0 Å². The van der Waals surface area contributed by atoms with Gasteiger partial charge in [-0.15, -0.1) is 0 Å². The molecule has 0 saturated carbocycles. The SMILES string of the molecule is CCCCCCCCCC[Si](C)(C)OCCN(C)C. The average molecular weight is 288 g/mol. The van der Waals surface area contributed by atoms with Crippen molar-refractivity contribution in [2.75, 3.05) is 27.2 Å². The molecule has 0 radical (unpaired) electrons. The number of nitrogens with zero attached hydrogens (tertiary/aromatic N) is 1. The van der Waals surface area contributed by atoms with Crippen molar-refractivity contribution in [1.29, 1.82) is 0 Å². The van der Waals surface area contributed by atoms with Crippen molar-refractivity contribution in [2.45, 2.75) is 77.4 Å². The van der Waals surface area contributed by atoms with Gasteiger partial charge in [0.15, 0.2) is 8.32 Å². The van der Waals surface area contributed by atoms with E-state index in [-0.39, 0.29) is 0 Å². The molecule has 0 saturated heterocycles. The van der Waals surface area contributed by atoms with E-state index in [0.29, 0.717) is 0 Å². The molecular formula is C16H37NOSi. The fourth-order valence-corrected chi connectivity index (χ4v) is 4.15. The smallest absolute Gasteiger partial charge is 0.186 e. The van der Waals surface area contributed by atoms with Gasteiger partial charge in [-0.25, -0.2) is 0 Å². The third-order valence-corrected chi connectivity index (χ3v) is 6.21. The number of rotatable bonds is 13. The summed E-state index contributed by atoms with van der Waals surface area (Å²) in [5, 5.41) is 0. The predicted octanol–water partition coefficient (Wildman–Crippen LogP) is 4.91. The molecule has 0 unspecified atom stereocenters. The van der Waals surface area contributed by atoms with E-state index >= 15 is 0 Å². The molecule has 0 bridgehead atoms. The van der Waals surface area contributed by atoms with E-state index in [1.165, 1.54) is 57.4 Å². The molecule has 116 valence electrons. The van der Waals surface area contributed by atoms with Crippen LogP contribution in [0.4, 0.5) is 0 Å². The first kappa shape index (κ1) is 19.1. The Hall–Kier alpha value is 0.137. The molecule has 3 heteroatoms. The van der Waals surface area contributed by atoms with Gasteiger partial charge in [-0.1, -0.05) is 58.3 Å². The van der Waals surface area contributed by atoms with Crippen molar-refractivity contribution in [3.8, 4) is 0 Å². The second kappa shape index (κ2) is 11.9. The van der Waals surface area contributed by atoms with E-state index in [1.807, 2.05) is 0 Å². The van der Waals surface area contributed by atoms with Crippen LogP contribution in [0.15, 0.2) is 0 Å². The van der Waals surface area contributed by atoms with Crippen LogP contribution in [0, 0.1) is 0 Å². The highest BCUT2D eigenvalue weighted by Crippen LogP contribution is 2.17. The molecule has 0 amide bonds. The lowest BCUT2D eigenvalue weighted by Crippen LogP contribution is -2.33. The van der Waals surface area contributed by atoms with Crippen LogP contribution in [-0.2, 0) is 4.43 Å². The molecule has 0 aliphatic heterocycles. The molecule has 0 spiro atoms. The molecule has 19 heavy (non-hydrogen) atoms. The zero-order valence-electron chi connectivity index (χ0n) is 14.1. The topological polar surface area (TPSA) is 12.5 Å². The van der Waals surface area contributed by atoms with E-state index in [4.69, 9.17) is 4.43 Å².